The average Bonchev–Trinajstić information content (AvgIpc) is 3.72. The Kier molecular flexibility index (Phi) is 9.16. The predicted octanol–water partition coefficient (Wildman–Crippen LogP) is 3.04. The van der Waals surface area contributed by atoms with E-state index in [9.17, 15) is 35.1 Å². The minimum absolute atomic E-state index is 0.0620. The summed E-state index contributed by atoms with van der Waals surface area (Å²) in [6.07, 6.45) is 1.15. The summed E-state index contributed by atoms with van der Waals surface area (Å²) in [7, 11) is 0. The van der Waals surface area contributed by atoms with Crippen molar-refractivity contribution in [2.45, 2.75) is 144 Å². The fourth-order valence-electron chi connectivity index (χ4n) is 13.0. The van der Waals surface area contributed by atoms with Gasteiger partial charge in [-0.3, -0.25) is 4.79 Å². The number of rotatable bonds is 5. The maximum absolute atomic E-state index is 13.7. The summed E-state index contributed by atoms with van der Waals surface area (Å²) in [6.45, 7) is 10.6. The molecule has 1 aromatic carbocycles. The molecule has 13 heteroatoms. The van der Waals surface area contributed by atoms with E-state index in [1.54, 1.807) is 31.2 Å². The van der Waals surface area contributed by atoms with Gasteiger partial charge in [0.25, 0.3) is 0 Å². The monoisotopic (exact) mass is 794 g/mol. The zero-order valence-corrected chi connectivity index (χ0v) is 33.5. The molecule has 10 rings (SSSR count). The van der Waals surface area contributed by atoms with E-state index in [1.165, 1.54) is 12.2 Å². The van der Waals surface area contributed by atoms with Crippen LogP contribution in [0.15, 0.2) is 54.6 Å². The van der Waals surface area contributed by atoms with Gasteiger partial charge in [0.15, 0.2) is 0 Å². The van der Waals surface area contributed by atoms with Crippen molar-refractivity contribution in [1.29, 1.82) is 0 Å². The maximum atomic E-state index is 13.7. The van der Waals surface area contributed by atoms with Crippen LogP contribution < -0.4 is 0 Å². The van der Waals surface area contributed by atoms with Crippen molar-refractivity contribution >= 4 is 11.9 Å². The lowest BCUT2D eigenvalue weighted by molar-refractivity contribution is -0.595. The van der Waals surface area contributed by atoms with Gasteiger partial charge in [-0.2, -0.15) is 0 Å². The van der Waals surface area contributed by atoms with E-state index < -0.39 is 107 Å². The number of carbonyl (C=O) groups excluding carboxylic acids is 2. The topological polar surface area (TPSA) is 194 Å². The molecular formula is C44H58O13. The second kappa shape index (κ2) is 13.1. The molecule has 5 heterocycles. The summed E-state index contributed by atoms with van der Waals surface area (Å²) in [5.74, 6) is -6.33. The lowest BCUT2D eigenvalue weighted by Crippen LogP contribution is -2.89. The number of hydrogen-bond donors (Lipinski definition) is 5. The van der Waals surface area contributed by atoms with E-state index in [0.717, 1.165) is 0 Å². The lowest BCUT2D eigenvalue weighted by atomic mass is 9.49. The van der Waals surface area contributed by atoms with Crippen molar-refractivity contribution in [3.05, 3.63) is 60.2 Å². The summed E-state index contributed by atoms with van der Waals surface area (Å²) in [5.41, 5.74) is -8.82. The Balaban J connectivity index is 1.22. The lowest BCUT2D eigenvalue weighted by Gasteiger charge is -2.74. The van der Waals surface area contributed by atoms with Crippen LogP contribution in [-0.2, 0) is 44.0 Å². The molecule has 5 N–H and O–H groups in total. The fraction of sp³-hybridized carbons (Fsp3) is 0.727. The van der Waals surface area contributed by atoms with E-state index in [4.69, 9.17) is 28.4 Å². The number of allylic oxidation sites excluding steroid dienone is 2. The first-order valence-electron chi connectivity index (χ1n) is 20.9. The Bertz CT molecular complexity index is 1830. The molecule has 312 valence electrons. The summed E-state index contributed by atoms with van der Waals surface area (Å²) in [4.78, 5) is 26.7. The van der Waals surface area contributed by atoms with Gasteiger partial charge in [-0.05, 0) is 62.4 Å². The zero-order chi connectivity index (χ0) is 40.7. The third kappa shape index (κ3) is 5.26. The molecule has 4 saturated heterocycles. The van der Waals surface area contributed by atoms with Crippen molar-refractivity contribution in [3.8, 4) is 0 Å². The molecule has 1 aromatic rings. The quantitative estimate of drug-likeness (QED) is 0.216. The Morgan fingerprint density at radius 2 is 1.68 bits per heavy atom. The predicted molar refractivity (Wildman–Crippen MR) is 200 cm³/mol. The van der Waals surface area contributed by atoms with Crippen molar-refractivity contribution in [2.24, 2.45) is 47.3 Å². The third-order valence-electron chi connectivity index (χ3n) is 15.8. The zero-order valence-electron chi connectivity index (χ0n) is 33.5. The van der Waals surface area contributed by atoms with Crippen LogP contribution in [0.5, 0.6) is 0 Å². The second-order valence-electron chi connectivity index (χ2n) is 19.3. The summed E-state index contributed by atoms with van der Waals surface area (Å²) >= 11 is 0. The molecule has 0 aromatic heterocycles. The van der Waals surface area contributed by atoms with Gasteiger partial charge in [-0.25, -0.2) is 4.79 Å². The maximum Gasteiger partial charge on any atom is 0.331 e. The van der Waals surface area contributed by atoms with E-state index in [1.807, 2.05) is 45.9 Å². The second-order valence-corrected chi connectivity index (χ2v) is 19.3. The normalized spacial score (nSPS) is 54.4. The molecule has 8 fully saturated rings. The standard InChI is InChI=1S/C44H58O13/c1-22(2)18-32(47)52-29-14-10-11-15-31(46)53-34-23(3)19-30-41(34,50)38(48)40(21-45)36(54-40)33-37-43(51,39(6,49)20-26-16-17-28(29)24(26)4)35-25(5)42(30,33)57-44(55-35,56-37)27-12-8-7-9-13-27/h7-15,22-26,28-30,33-38,45,48-51H,16-21H2,1-6H3/b14-10-,15-11-/t23-,24-,25+,26+,28-,29+,30+,33-,34-,35-,36?,37+,38+,39+,40-,41+,42-,43-,44-/m0/s1. The van der Waals surface area contributed by atoms with Crippen LogP contribution in [-0.4, -0.2) is 109 Å². The SMILES string of the molecule is CC(C)CC(=O)O[C@@H]1/C=C\C=C/C(=O)O[C@H]2[C@@H](C)C[C@@H]3[C@]2(O)[C@H](O)[C@@]2(CO)OC2[C@H]2[C@H]4O[C@]5(c6ccccc6)O[C@@H]([C@@H](C)[C@]32O5)[C@@]4(O)[C@](C)(O)C[C@H]2CC[C@H]1[C@H]2C. The highest BCUT2D eigenvalue weighted by molar-refractivity contribution is 5.82. The number of epoxide rings is 1. The number of ether oxygens (including phenoxy) is 6. The number of fused-ring (bicyclic) bond motifs is 3. The minimum atomic E-state index is -2.21. The van der Waals surface area contributed by atoms with Crippen LogP contribution in [0.4, 0.5) is 0 Å². The van der Waals surface area contributed by atoms with Crippen molar-refractivity contribution in [1.82, 2.24) is 0 Å². The summed E-state index contributed by atoms with van der Waals surface area (Å²) < 4.78 is 39.5. The van der Waals surface area contributed by atoms with E-state index in [2.05, 4.69) is 6.92 Å². The van der Waals surface area contributed by atoms with Gasteiger partial charge >= 0.3 is 17.9 Å². The number of hydrogen-bond acceptors (Lipinski definition) is 13. The molecule has 1 spiro atoms. The smallest absolute Gasteiger partial charge is 0.331 e. The Hall–Kier alpha value is -2.72. The minimum Gasteiger partial charge on any atom is -0.458 e. The molecule has 0 amide bonds. The molecule has 10 bridgehead atoms. The summed E-state index contributed by atoms with van der Waals surface area (Å²) in [6, 6.07) is 9.04. The Morgan fingerprint density at radius 3 is 2.39 bits per heavy atom. The highest BCUT2D eigenvalue weighted by atomic mass is 16.9. The largest absolute Gasteiger partial charge is 0.458 e. The van der Waals surface area contributed by atoms with Gasteiger partial charge in [0.2, 0.25) is 0 Å². The van der Waals surface area contributed by atoms with Gasteiger partial charge in [-0.15, -0.1) is 0 Å². The van der Waals surface area contributed by atoms with Crippen LogP contribution in [0.25, 0.3) is 0 Å². The Morgan fingerprint density at radius 1 is 0.965 bits per heavy atom. The number of benzene rings is 1. The first-order valence-corrected chi connectivity index (χ1v) is 20.9. The molecular weight excluding hydrogens is 736 g/mol. The molecule has 57 heavy (non-hydrogen) atoms. The molecule has 4 saturated carbocycles. The third-order valence-corrected chi connectivity index (χ3v) is 15.8. The van der Waals surface area contributed by atoms with Gasteiger partial charge in [0, 0.05) is 41.7 Å². The van der Waals surface area contributed by atoms with Gasteiger partial charge in [-0.1, -0.05) is 77.1 Å². The van der Waals surface area contributed by atoms with E-state index in [-0.39, 0.29) is 48.9 Å². The number of aliphatic hydroxyl groups is 5. The van der Waals surface area contributed by atoms with Crippen LogP contribution in [0.3, 0.4) is 0 Å². The number of esters is 2. The van der Waals surface area contributed by atoms with Crippen molar-refractivity contribution in [2.75, 3.05) is 6.61 Å². The Labute approximate surface area is 333 Å². The molecule has 19 atom stereocenters. The first-order chi connectivity index (χ1) is 26.9. The number of aliphatic hydroxyl groups excluding tert-OH is 2. The fourth-order valence-corrected chi connectivity index (χ4v) is 13.0. The highest BCUT2D eigenvalue weighted by Crippen LogP contribution is 2.75. The van der Waals surface area contributed by atoms with Gasteiger partial charge < -0.3 is 54.0 Å². The van der Waals surface area contributed by atoms with E-state index >= 15 is 0 Å². The highest BCUT2D eigenvalue weighted by Gasteiger charge is 2.91. The van der Waals surface area contributed by atoms with Crippen LogP contribution >= 0.6 is 0 Å². The van der Waals surface area contributed by atoms with Crippen molar-refractivity contribution < 1.29 is 63.5 Å². The molecule has 9 aliphatic rings. The molecule has 1 unspecified atom stereocenters. The summed E-state index contributed by atoms with van der Waals surface area (Å²) in [5, 5.41) is 63.3. The first kappa shape index (κ1) is 39.7. The van der Waals surface area contributed by atoms with Gasteiger partial charge in [0.05, 0.1) is 17.8 Å². The van der Waals surface area contributed by atoms with Crippen LogP contribution in [0.1, 0.15) is 79.2 Å². The number of carbonyl (C=O) groups is 2. The molecule has 5 aliphatic heterocycles. The van der Waals surface area contributed by atoms with E-state index in [0.29, 0.717) is 18.4 Å². The van der Waals surface area contributed by atoms with Gasteiger partial charge in [0.1, 0.15) is 53.4 Å². The average molecular weight is 795 g/mol. The molecule has 13 nitrogen and oxygen atoms in total. The molecule has 4 aliphatic carbocycles. The van der Waals surface area contributed by atoms with Crippen molar-refractivity contribution in [3.63, 3.8) is 0 Å². The van der Waals surface area contributed by atoms with Crippen LogP contribution in [0, 0.1) is 47.3 Å². The van der Waals surface area contributed by atoms with Crippen LogP contribution in [0.2, 0.25) is 0 Å². The molecule has 0 radical (unpaired) electrons.